The third kappa shape index (κ3) is 8.05. The second kappa shape index (κ2) is 15.2. The van der Waals surface area contributed by atoms with Gasteiger partial charge in [-0.3, -0.25) is 4.79 Å². The average Bonchev–Trinajstić information content (AvgIpc) is 3.60. The van der Waals surface area contributed by atoms with Crippen molar-refractivity contribution < 1.29 is 14.3 Å². The van der Waals surface area contributed by atoms with Gasteiger partial charge in [0.05, 0.1) is 46.9 Å². The van der Waals surface area contributed by atoms with Gasteiger partial charge >= 0.3 is 5.97 Å². The molecule has 0 aromatic rings. The lowest BCUT2D eigenvalue weighted by molar-refractivity contribution is -0.142. The van der Waals surface area contributed by atoms with Crippen molar-refractivity contribution in [2.45, 2.75) is 19.8 Å². The van der Waals surface area contributed by atoms with E-state index in [1.165, 1.54) is 43.7 Å². The number of hydrogen-bond acceptors (Lipinski definition) is 15. The predicted molar refractivity (Wildman–Crippen MR) is 180 cm³/mol. The highest BCUT2D eigenvalue weighted by Gasteiger charge is 2.37. The Morgan fingerprint density at radius 1 is 0.771 bits per heavy atom. The number of thioether (sulfide) groups is 10. The molecule has 0 spiro atoms. The number of hydrogen-bond donors (Lipinski definition) is 2. The van der Waals surface area contributed by atoms with Crippen molar-refractivity contribution in [3.63, 3.8) is 0 Å². The monoisotopic (exact) mass is 692 g/mol. The van der Waals surface area contributed by atoms with E-state index in [2.05, 4.69) is 25.3 Å². The summed E-state index contributed by atoms with van der Waals surface area (Å²) < 4.78 is 15.7. The van der Waals surface area contributed by atoms with E-state index in [1.54, 1.807) is 35.3 Å². The van der Waals surface area contributed by atoms with Crippen molar-refractivity contribution in [2.24, 2.45) is 0 Å². The molecule has 0 amide bonds. The van der Waals surface area contributed by atoms with Crippen molar-refractivity contribution in [1.82, 2.24) is 0 Å². The lowest BCUT2D eigenvalue weighted by atomic mass is 10.5. The zero-order valence-corrected chi connectivity index (χ0v) is 28.2. The van der Waals surface area contributed by atoms with Gasteiger partial charge in [-0.25, -0.2) is 0 Å². The first kappa shape index (κ1) is 30.0. The van der Waals surface area contributed by atoms with Crippen LogP contribution in [-0.2, 0) is 14.3 Å². The first-order chi connectivity index (χ1) is 17.1. The van der Waals surface area contributed by atoms with E-state index in [0.29, 0.717) is 25.2 Å². The summed E-state index contributed by atoms with van der Waals surface area (Å²) in [6, 6.07) is 0. The summed E-state index contributed by atoms with van der Waals surface area (Å²) in [5.41, 5.74) is 0. The van der Waals surface area contributed by atoms with Gasteiger partial charge in [0.2, 0.25) is 0 Å². The Kier molecular flexibility index (Phi) is 13.0. The number of esters is 1. The highest BCUT2D eigenvalue weighted by atomic mass is 32.3. The van der Waals surface area contributed by atoms with Crippen LogP contribution < -0.4 is 0 Å². The zero-order chi connectivity index (χ0) is 24.8. The van der Waals surface area contributed by atoms with Gasteiger partial charge in [-0.15, -0.1) is 23.5 Å². The van der Waals surface area contributed by atoms with Crippen LogP contribution in [0, 0.1) is 0 Å². The molecule has 35 heavy (non-hydrogen) atoms. The van der Waals surface area contributed by atoms with Crippen molar-refractivity contribution in [1.29, 1.82) is 0 Å². The molecule has 4 heterocycles. The van der Waals surface area contributed by atoms with Crippen molar-refractivity contribution in [3.8, 4) is 0 Å². The summed E-state index contributed by atoms with van der Waals surface area (Å²) >= 11 is 27.2. The van der Waals surface area contributed by atoms with Crippen LogP contribution in [0.15, 0.2) is 43.7 Å². The summed E-state index contributed by atoms with van der Waals surface area (Å²) in [6.45, 7) is 2.25. The van der Waals surface area contributed by atoms with E-state index in [9.17, 15) is 9.59 Å². The molecule has 190 valence electrons. The molecule has 0 bridgehead atoms. The third-order valence-electron chi connectivity index (χ3n) is 4.12. The van der Waals surface area contributed by atoms with Gasteiger partial charge in [0.25, 0.3) is 0 Å². The van der Waals surface area contributed by atoms with Crippen LogP contribution in [-0.4, -0.2) is 41.9 Å². The van der Waals surface area contributed by atoms with E-state index in [1.807, 2.05) is 89.3 Å². The van der Waals surface area contributed by atoms with E-state index in [0.717, 1.165) is 23.5 Å². The Morgan fingerprint density at radius 3 is 1.69 bits per heavy atom. The molecule has 0 aliphatic carbocycles. The molecule has 3 nitrogen and oxygen atoms in total. The summed E-state index contributed by atoms with van der Waals surface area (Å²) in [5, 5.41) is 0. The fourth-order valence-electron chi connectivity index (χ4n) is 2.63. The van der Waals surface area contributed by atoms with Gasteiger partial charge in [-0.05, 0) is 6.92 Å². The summed E-state index contributed by atoms with van der Waals surface area (Å²) in [7, 11) is 0. The first-order valence-electron chi connectivity index (χ1n) is 10.2. The molecule has 4 rings (SSSR count). The van der Waals surface area contributed by atoms with E-state index >= 15 is 0 Å². The Hall–Kier alpha value is 2.04. The van der Waals surface area contributed by atoms with E-state index < -0.39 is 0 Å². The van der Waals surface area contributed by atoms with Crippen molar-refractivity contribution >= 4 is 155 Å². The minimum atomic E-state index is -0.150. The molecule has 15 heteroatoms. The average molecular weight is 693 g/mol. The molecule has 0 radical (unpaired) electrons. The standard InChI is InChI=1S/C20H20O3S12/c1-2-23-12(22)4-7-27-14-13(26-6-3-5-21)30-17(31-14)18-34-19-20(35-18)33-16(32-19)15-28-10(8-24)11(9-25)29-15/h5,24-25H,2-4,6-9H2,1H3. The van der Waals surface area contributed by atoms with Gasteiger partial charge in [0.1, 0.15) is 6.29 Å². The Balaban J connectivity index is 1.37. The maximum absolute atomic E-state index is 11.7. The molecule has 0 aromatic carbocycles. The number of aldehydes is 1. The SMILES string of the molecule is CCOC(=O)CCSC1=C(SCCC=O)SC(=C2SC3=C(SC(=C4SC(CS)=C(CS)S4)S3)S2)S1. The fraction of sp³-hybridized carbons (Fsp3) is 0.400. The van der Waals surface area contributed by atoms with E-state index in [-0.39, 0.29) is 5.97 Å². The quantitative estimate of drug-likeness (QED) is 0.0936. The number of carbonyl (C=O) groups excluding carboxylic acids is 2. The molecular formula is C20H20O3S12. The first-order valence-corrected chi connectivity index (χ1v) is 20.0. The van der Waals surface area contributed by atoms with Crippen LogP contribution in [0.2, 0.25) is 0 Å². The van der Waals surface area contributed by atoms with Crippen LogP contribution in [0.3, 0.4) is 0 Å². The number of rotatable bonds is 11. The van der Waals surface area contributed by atoms with Crippen LogP contribution in [0.4, 0.5) is 0 Å². The molecule has 4 aliphatic heterocycles. The lowest BCUT2D eigenvalue weighted by Gasteiger charge is -2.07. The maximum Gasteiger partial charge on any atom is 0.306 e. The summed E-state index contributed by atoms with van der Waals surface area (Å²) in [6.07, 6.45) is 1.93. The van der Waals surface area contributed by atoms with Crippen LogP contribution in [0.1, 0.15) is 19.8 Å². The zero-order valence-electron chi connectivity index (χ0n) is 18.2. The molecule has 0 saturated carbocycles. The van der Waals surface area contributed by atoms with Gasteiger partial charge < -0.3 is 9.53 Å². The molecule has 0 saturated heterocycles. The smallest absolute Gasteiger partial charge is 0.306 e. The molecule has 0 N–H and O–H groups in total. The highest BCUT2D eigenvalue weighted by Crippen LogP contribution is 2.72. The van der Waals surface area contributed by atoms with Crippen LogP contribution in [0.25, 0.3) is 0 Å². The largest absolute Gasteiger partial charge is 0.466 e. The van der Waals surface area contributed by atoms with Gasteiger partial charge in [0, 0.05) is 39.2 Å². The second-order valence-electron chi connectivity index (χ2n) is 6.49. The Bertz CT molecular complexity index is 1000. The maximum atomic E-state index is 11.7. The molecule has 4 aliphatic rings. The van der Waals surface area contributed by atoms with Gasteiger partial charge in [0.15, 0.2) is 0 Å². The van der Waals surface area contributed by atoms with Crippen LogP contribution >= 0.6 is 143 Å². The molecule has 0 fully saturated rings. The molecular weight excluding hydrogens is 673 g/mol. The normalized spacial score (nSPS) is 20.2. The lowest BCUT2D eigenvalue weighted by Crippen LogP contribution is -2.04. The summed E-state index contributed by atoms with van der Waals surface area (Å²) in [4.78, 5) is 25.2. The minimum Gasteiger partial charge on any atom is -0.466 e. The van der Waals surface area contributed by atoms with Gasteiger partial charge in [-0.2, -0.15) is 25.3 Å². The Labute approximate surface area is 259 Å². The fourth-order valence-corrected chi connectivity index (χ4v) is 18.8. The third-order valence-corrected chi connectivity index (χ3v) is 20.1. The number of ether oxygens (including phenoxy) is 1. The highest BCUT2D eigenvalue weighted by molar-refractivity contribution is 8.50. The topological polar surface area (TPSA) is 43.4 Å². The summed E-state index contributed by atoms with van der Waals surface area (Å²) in [5.74, 6) is 2.86. The Morgan fingerprint density at radius 2 is 1.23 bits per heavy atom. The molecule has 0 atom stereocenters. The molecule has 0 aromatic heterocycles. The van der Waals surface area contributed by atoms with Gasteiger partial charge in [-0.1, -0.05) is 94.1 Å². The number of carbonyl (C=O) groups is 2. The predicted octanol–water partition coefficient (Wildman–Crippen LogP) is 9.49. The van der Waals surface area contributed by atoms with Crippen molar-refractivity contribution in [3.05, 3.63) is 43.7 Å². The van der Waals surface area contributed by atoms with E-state index in [4.69, 9.17) is 4.74 Å². The van der Waals surface area contributed by atoms with Crippen molar-refractivity contribution in [2.75, 3.05) is 29.6 Å². The van der Waals surface area contributed by atoms with Crippen LogP contribution in [0.5, 0.6) is 0 Å². The minimum absolute atomic E-state index is 0.150. The second-order valence-corrected chi connectivity index (χ2v) is 19.7. The number of thiol groups is 2. The molecule has 0 unspecified atom stereocenters.